The molecule has 1 amide bonds. The third-order valence-corrected chi connectivity index (χ3v) is 5.19. The van der Waals surface area contributed by atoms with Crippen LogP contribution in [-0.4, -0.2) is 26.0 Å². The van der Waals surface area contributed by atoms with Crippen LogP contribution in [0, 0.1) is 11.7 Å². The quantitative estimate of drug-likeness (QED) is 0.811. The Hall–Kier alpha value is -1.34. The van der Waals surface area contributed by atoms with E-state index in [0.29, 0.717) is 24.1 Å². The Morgan fingerprint density at radius 3 is 2.81 bits per heavy atom. The number of hydrogen-bond acceptors (Lipinski definition) is 3. The first-order valence-electron chi connectivity index (χ1n) is 6.49. The van der Waals surface area contributed by atoms with Gasteiger partial charge in [0, 0.05) is 18.0 Å². The minimum Gasteiger partial charge on any atom is -0.326 e. The predicted molar refractivity (Wildman–Crippen MR) is 80.6 cm³/mol. The number of rotatable bonds is 5. The van der Waals surface area contributed by atoms with Gasteiger partial charge in [0.25, 0.3) is 0 Å². The van der Waals surface area contributed by atoms with Crippen LogP contribution in [-0.2, 0) is 21.2 Å². The lowest BCUT2D eigenvalue weighted by Crippen LogP contribution is -2.24. The molecule has 21 heavy (non-hydrogen) atoms. The first-order valence-corrected chi connectivity index (χ1v) is 8.68. The van der Waals surface area contributed by atoms with Gasteiger partial charge >= 0.3 is 0 Å². The summed E-state index contributed by atoms with van der Waals surface area (Å²) in [6, 6.07) is 2.56. The van der Waals surface area contributed by atoms with E-state index in [-0.39, 0.29) is 29.1 Å². The molecule has 1 aromatic carbocycles. The summed E-state index contributed by atoms with van der Waals surface area (Å²) in [6.07, 6.45) is 0.735. The van der Waals surface area contributed by atoms with Gasteiger partial charge in [0.05, 0.1) is 11.4 Å². The van der Waals surface area contributed by atoms with Crippen molar-refractivity contribution in [3.8, 4) is 0 Å². The Morgan fingerprint density at radius 1 is 1.43 bits per heavy atom. The lowest BCUT2D eigenvalue weighted by Gasteiger charge is -2.19. The van der Waals surface area contributed by atoms with Crippen LogP contribution in [0.3, 0.4) is 0 Å². The maximum absolute atomic E-state index is 14.0. The van der Waals surface area contributed by atoms with E-state index in [1.54, 1.807) is 6.92 Å². The van der Waals surface area contributed by atoms with Gasteiger partial charge in [0.2, 0.25) is 15.9 Å². The Labute approximate surface area is 127 Å². The minimum absolute atomic E-state index is 0.168. The van der Waals surface area contributed by atoms with Crippen molar-refractivity contribution in [2.75, 3.05) is 21.7 Å². The van der Waals surface area contributed by atoms with Gasteiger partial charge in [-0.25, -0.2) is 12.8 Å². The molecule has 0 saturated heterocycles. The Balaban J connectivity index is 2.24. The van der Waals surface area contributed by atoms with Gasteiger partial charge in [-0.2, -0.15) is 0 Å². The van der Waals surface area contributed by atoms with Gasteiger partial charge in [-0.1, -0.05) is 6.92 Å². The molecule has 1 unspecified atom stereocenters. The van der Waals surface area contributed by atoms with Crippen molar-refractivity contribution in [2.45, 2.75) is 19.8 Å². The monoisotopic (exact) mass is 334 g/mol. The Bertz CT molecular complexity index is 664. The van der Waals surface area contributed by atoms with Crippen molar-refractivity contribution < 1.29 is 17.6 Å². The lowest BCUT2D eigenvalue weighted by atomic mass is 10.0. The molecule has 1 aliphatic rings. The van der Waals surface area contributed by atoms with Crippen LogP contribution < -0.4 is 10.0 Å². The minimum atomic E-state index is -3.70. The second-order valence-corrected chi connectivity index (χ2v) is 7.26. The van der Waals surface area contributed by atoms with Gasteiger partial charge in [-0.05, 0) is 30.0 Å². The summed E-state index contributed by atoms with van der Waals surface area (Å²) in [5.41, 5.74) is 0.928. The number of hydrogen-bond donors (Lipinski definition) is 2. The summed E-state index contributed by atoms with van der Waals surface area (Å²) in [6.45, 7) is 1.69. The SMILES string of the molecule is CC(CCl)CS(=O)(=O)Nc1cc2c(cc1F)CCC(=O)N2. The van der Waals surface area contributed by atoms with E-state index in [1.165, 1.54) is 12.1 Å². The summed E-state index contributed by atoms with van der Waals surface area (Å²) in [4.78, 5) is 11.3. The third kappa shape index (κ3) is 4.07. The lowest BCUT2D eigenvalue weighted by molar-refractivity contribution is -0.116. The summed E-state index contributed by atoms with van der Waals surface area (Å²) >= 11 is 5.59. The average Bonchev–Trinajstić information content (AvgIpc) is 2.39. The molecule has 0 saturated carbocycles. The highest BCUT2D eigenvalue weighted by Gasteiger charge is 2.21. The van der Waals surface area contributed by atoms with Gasteiger partial charge < -0.3 is 5.32 Å². The molecule has 0 aliphatic carbocycles. The van der Waals surface area contributed by atoms with E-state index in [1.807, 2.05) is 0 Å². The number of sulfonamides is 1. The average molecular weight is 335 g/mol. The highest BCUT2D eigenvalue weighted by molar-refractivity contribution is 7.92. The number of amides is 1. The number of anilines is 2. The predicted octanol–water partition coefficient (Wildman–Crippen LogP) is 2.33. The standard InChI is InChI=1S/C13H16ClFN2O3S/c1-8(6-14)7-21(19,20)17-12-5-11-9(4-10(12)15)2-3-13(18)16-11/h4-5,8,17H,2-3,6-7H2,1H3,(H,16,18). The third-order valence-electron chi connectivity index (χ3n) is 3.12. The maximum Gasteiger partial charge on any atom is 0.233 e. The summed E-state index contributed by atoms with van der Waals surface area (Å²) in [5.74, 6) is -1.07. The summed E-state index contributed by atoms with van der Waals surface area (Å²) in [7, 11) is -3.70. The molecule has 0 aromatic heterocycles. The molecule has 5 nitrogen and oxygen atoms in total. The van der Waals surface area contributed by atoms with Crippen LogP contribution in [0.4, 0.5) is 15.8 Å². The van der Waals surface area contributed by atoms with Crippen LogP contribution in [0.1, 0.15) is 18.9 Å². The van der Waals surface area contributed by atoms with Crippen molar-refractivity contribution >= 4 is 38.9 Å². The fraction of sp³-hybridized carbons (Fsp3) is 0.462. The van der Waals surface area contributed by atoms with Gasteiger partial charge in [0.1, 0.15) is 5.82 Å². The number of aryl methyl sites for hydroxylation is 1. The van der Waals surface area contributed by atoms with Crippen LogP contribution in [0.5, 0.6) is 0 Å². The topological polar surface area (TPSA) is 75.3 Å². The zero-order valence-corrected chi connectivity index (χ0v) is 13.0. The highest BCUT2D eigenvalue weighted by atomic mass is 35.5. The van der Waals surface area contributed by atoms with E-state index in [4.69, 9.17) is 11.6 Å². The molecule has 0 fully saturated rings. The zero-order valence-electron chi connectivity index (χ0n) is 11.4. The van der Waals surface area contributed by atoms with E-state index >= 15 is 0 Å². The molecule has 0 radical (unpaired) electrons. The molecule has 1 atom stereocenters. The highest BCUT2D eigenvalue weighted by Crippen LogP contribution is 2.29. The number of benzene rings is 1. The number of fused-ring (bicyclic) bond motifs is 1. The first-order chi connectivity index (χ1) is 9.80. The fourth-order valence-corrected chi connectivity index (χ4v) is 3.79. The molecule has 0 bridgehead atoms. The maximum atomic E-state index is 14.0. The molecule has 1 aliphatic heterocycles. The van der Waals surface area contributed by atoms with Crippen molar-refractivity contribution in [1.82, 2.24) is 0 Å². The largest absolute Gasteiger partial charge is 0.326 e. The number of alkyl halides is 1. The Morgan fingerprint density at radius 2 is 2.14 bits per heavy atom. The summed E-state index contributed by atoms with van der Waals surface area (Å²) in [5, 5.41) is 2.60. The molecular formula is C13H16ClFN2O3S. The molecular weight excluding hydrogens is 319 g/mol. The van der Waals surface area contributed by atoms with Crippen molar-refractivity contribution in [3.05, 3.63) is 23.5 Å². The zero-order chi connectivity index (χ0) is 15.6. The van der Waals surface area contributed by atoms with E-state index in [0.717, 1.165) is 0 Å². The van der Waals surface area contributed by atoms with Gasteiger partial charge in [-0.3, -0.25) is 9.52 Å². The molecule has 8 heteroatoms. The second-order valence-electron chi connectivity index (χ2n) is 5.18. The Kier molecular flexibility index (Phi) is 4.73. The molecule has 1 aromatic rings. The molecule has 2 rings (SSSR count). The smallest absolute Gasteiger partial charge is 0.233 e. The van der Waals surface area contributed by atoms with E-state index in [2.05, 4.69) is 10.0 Å². The van der Waals surface area contributed by atoms with Gasteiger partial charge in [-0.15, -0.1) is 11.6 Å². The molecule has 0 spiro atoms. The van der Waals surface area contributed by atoms with Crippen LogP contribution >= 0.6 is 11.6 Å². The first kappa shape index (κ1) is 16.0. The van der Waals surface area contributed by atoms with Crippen molar-refractivity contribution in [1.29, 1.82) is 0 Å². The summed E-state index contributed by atoms with van der Waals surface area (Å²) < 4.78 is 40.0. The van der Waals surface area contributed by atoms with Crippen molar-refractivity contribution in [2.24, 2.45) is 5.92 Å². The number of nitrogens with one attached hydrogen (secondary N) is 2. The molecule has 1 heterocycles. The molecule has 116 valence electrons. The van der Waals surface area contributed by atoms with Crippen LogP contribution in [0.15, 0.2) is 12.1 Å². The fourth-order valence-electron chi connectivity index (χ4n) is 2.11. The van der Waals surface area contributed by atoms with Crippen LogP contribution in [0.2, 0.25) is 0 Å². The van der Waals surface area contributed by atoms with Gasteiger partial charge in [0.15, 0.2) is 0 Å². The second kappa shape index (κ2) is 6.19. The number of carbonyl (C=O) groups is 1. The number of carbonyl (C=O) groups excluding carboxylic acids is 1. The van der Waals surface area contributed by atoms with Crippen LogP contribution in [0.25, 0.3) is 0 Å². The van der Waals surface area contributed by atoms with E-state index in [9.17, 15) is 17.6 Å². The van der Waals surface area contributed by atoms with E-state index < -0.39 is 15.8 Å². The number of halogens is 2. The molecule has 2 N–H and O–H groups in total. The van der Waals surface area contributed by atoms with Crippen molar-refractivity contribution in [3.63, 3.8) is 0 Å². The normalized spacial score (nSPS) is 16.0.